The van der Waals surface area contributed by atoms with Crippen LogP contribution in [0.25, 0.3) is 0 Å². The summed E-state index contributed by atoms with van der Waals surface area (Å²) in [5.74, 6) is -0.251. The minimum Gasteiger partial charge on any atom is -0.497 e. The van der Waals surface area contributed by atoms with Crippen LogP contribution in [-0.4, -0.2) is 46.9 Å². The van der Waals surface area contributed by atoms with Crippen molar-refractivity contribution in [1.29, 1.82) is 0 Å². The molecule has 0 spiro atoms. The summed E-state index contributed by atoms with van der Waals surface area (Å²) in [5, 5.41) is 9.65. The molecular weight excluding hydrogens is 350 g/mol. The number of amides is 1. The molecule has 1 aromatic rings. The molecule has 0 radical (unpaired) electrons. The van der Waals surface area contributed by atoms with Crippen molar-refractivity contribution in [3.05, 3.63) is 29.8 Å². The third kappa shape index (κ3) is 5.13. The molecule has 1 N–H and O–H groups in total. The second-order valence-electron chi connectivity index (χ2n) is 8.10. The quantitative estimate of drug-likeness (QED) is 0.837. The van der Waals surface area contributed by atoms with Gasteiger partial charge in [0.05, 0.1) is 13.2 Å². The zero-order chi connectivity index (χ0) is 20.4. The lowest BCUT2D eigenvalue weighted by Crippen LogP contribution is -2.45. The van der Waals surface area contributed by atoms with Crippen molar-refractivity contribution in [3.63, 3.8) is 0 Å². The van der Waals surface area contributed by atoms with Crippen LogP contribution >= 0.6 is 0 Å². The standard InChI is InChI=1S/C20H29NO6/c1-12(2)11-15-16(18(22)23)26-17(13-7-9-14(25-6)10-8-13)21(15)19(24)27-20(3,4)5/h7-10,12,15-17H,11H2,1-6H3,(H,22,23)/t15-,16+,17?/m0/s1. The summed E-state index contributed by atoms with van der Waals surface area (Å²) in [6.45, 7) is 9.28. The van der Waals surface area contributed by atoms with Gasteiger partial charge < -0.3 is 19.3 Å². The van der Waals surface area contributed by atoms with Gasteiger partial charge in [-0.1, -0.05) is 26.0 Å². The first kappa shape index (κ1) is 21.0. The second kappa shape index (κ2) is 8.17. The molecule has 7 nitrogen and oxygen atoms in total. The fourth-order valence-electron chi connectivity index (χ4n) is 3.11. The summed E-state index contributed by atoms with van der Waals surface area (Å²) in [4.78, 5) is 26.2. The van der Waals surface area contributed by atoms with Crippen LogP contribution in [0.3, 0.4) is 0 Å². The molecule has 1 heterocycles. The van der Waals surface area contributed by atoms with Crippen molar-refractivity contribution < 1.29 is 28.9 Å². The van der Waals surface area contributed by atoms with Gasteiger partial charge in [-0.3, -0.25) is 4.90 Å². The average Bonchev–Trinajstić information content (AvgIpc) is 2.92. The Morgan fingerprint density at radius 3 is 2.26 bits per heavy atom. The minimum atomic E-state index is -1.12. The largest absolute Gasteiger partial charge is 0.497 e. The Morgan fingerprint density at radius 2 is 1.81 bits per heavy atom. The number of hydrogen-bond donors (Lipinski definition) is 1. The van der Waals surface area contributed by atoms with Gasteiger partial charge >= 0.3 is 12.1 Å². The first-order valence-electron chi connectivity index (χ1n) is 9.07. The maximum Gasteiger partial charge on any atom is 0.412 e. The van der Waals surface area contributed by atoms with Gasteiger partial charge in [0.2, 0.25) is 0 Å². The molecule has 1 saturated heterocycles. The lowest BCUT2D eigenvalue weighted by atomic mass is 9.98. The van der Waals surface area contributed by atoms with Crippen LogP contribution in [0.15, 0.2) is 24.3 Å². The van der Waals surface area contributed by atoms with Gasteiger partial charge in [0.25, 0.3) is 0 Å². The molecule has 0 aliphatic carbocycles. The highest BCUT2D eigenvalue weighted by atomic mass is 16.6. The fourth-order valence-corrected chi connectivity index (χ4v) is 3.11. The lowest BCUT2D eigenvalue weighted by molar-refractivity contribution is -0.150. The van der Waals surface area contributed by atoms with Crippen LogP contribution in [0.1, 0.15) is 52.8 Å². The Kier molecular flexibility index (Phi) is 6.36. The van der Waals surface area contributed by atoms with E-state index < -0.39 is 36.0 Å². The predicted molar refractivity (Wildman–Crippen MR) is 99.6 cm³/mol. The van der Waals surface area contributed by atoms with E-state index in [1.165, 1.54) is 4.90 Å². The van der Waals surface area contributed by atoms with Crippen molar-refractivity contribution in [1.82, 2.24) is 4.90 Å². The number of benzene rings is 1. The normalized spacial score (nSPS) is 22.8. The molecule has 150 valence electrons. The van der Waals surface area contributed by atoms with E-state index in [9.17, 15) is 14.7 Å². The molecule has 0 aromatic heterocycles. The van der Waals surface area contributed by atoms with E-state index in [1.54, 1.807) is 52.1 Å². The molecule has 1 fully saturated rings. The Labute approximate surface area is 160 Å². The number of methoxy groups -OCH3 is 1. The molecule has 1 aliphatic heterocycles. The van der Waals surface area contributed by atoms with Gasteiger partial charge in [-0.15, -0.1) is 0 Å². The van der Waals surface area contributed by atoms with Crippen LogP contribution in [0.4, 0.5) is 4.79 Å². The Balaban J connectivity index is 2.43. The molecule has 2 rings (SSSR count). The summed E-state index contributed by atoms with van der Waals surface area (Å²) < 4.78 is 16.5. The highest BCUT2D eigenvalue weighted by Crippen LogP contribution is 2.39. The van der Waals surface area contributed by atoms with Crippen LogP contribution in [0.2, 0.25) is 0 Å². The number of carboxylic acids is 1. The molecular formula is C20H29NO6. The van der Waals surface area contributed by atoms with E-state index in [-0.39, 0.29) is 5.92 Å². The van der Waals surface area contributed by atoms with Gasteiger partial charge in [0, 0.05) is 5.56 Å². The summed E-state index contributed by atoms with van der Waals surface area (Å²) in [5.41, 5.74) is -0.0372. The van der Waals surface area contributed by atoms with E-state index in [0.29, 0.717) is 17.7 Å². The lowest BCUT2D eigenvalue weighted by Gasteiger charge is -2.32. The number of aliphatic carboxylic acids is 1. The summed E-state index contributed by atoms with van der Waals surface area (Å²) in [6.07, 6.45) is -2.05. The van der Waals surface area contributed by atoms with E-state index in [2.05, 4.69) is 0 Å². The van der Waals surface area contributed by atoms with Crippen molar-refractivity contribution in [2.24, 2.45) is 5.92 Å². The van der Waals surface area contributed by atoms with Gasteiger partial charge in [0.1, 0.15) is 11.4 Å². The van der Waals surface area contributed by atoms with Crippen molar-refractivity contribution in [2.75, 3.05) is 7.11 Å². The van der Waals surface area contributed by atoms with Crippen molar-refractivity contribution >= 4 is 12.1 Å². The number of carbonyl (C=O) groups is 2. The first-order valence-corrected chi connectivity index (χ1v) is 9.07. The molecule has 7 heteroatoms. The number of hydrogen-bond acceptors (Lipinski definition) is 5. The van der Waals surface area contributed by atoms with E-state index in [1.807, 2.05) is 13.8 Å². The van der Waals surface area contributed by atoms with Gasteiger partial charge in [0.15, 0.2) is 12.3 Å². The average molecular weight is 379 g/mol. The molecule has 27 heavy (non-hydrogen) atoms. The van der Waals surface area contributed by atoms with Gasteiger partial charge in [-0.05, 0) is 45.2 Å². The summed E-state index contributed by atoms with van der Waals surface area (Å²) >= 11 is 0. The molecule has 1 aromatic carbocycles. The smallest absolute Gasteiger partial charge is 0.412 e. The van der Waals surface area contributed by atoms with Crippen molar-refractivity contribution in [2.45, 2.75) is 65.0 Å². The van der Waals surface area contributed by atoms with Crippen LogP contribution < -0.4 is 4.74 Å². The maximum atomic E-state index is 12.9. The Hall–Kier alpha value is -2.28. The monoisotopic (exact) mass is 379 g/mol. The highest BCUT2D eigenvalue weighted by Gasteiger charge is 2.50. The minimum absolute atomic E-state index is 0.181. The zero-order valence-corrected chi connectivity index (χ0v) is 16.8. The summed E-state index contributed by atoms with van der Waals surface area (Å²) in [6, 6.07) is 6.40. The SMILES string of the molecule is COc1ccc(C2O[C@@H](C(=O)O)[C@H](CC(C)C)N2C(=O)OC(C)(C)C)cc1. The molecule has 1 amide bonds. The fraction of sp³-hybridized carbons (Fsp3) is 0.600. The molecule has 3 atom stereocenters. The number of carbonyl (C=O) groups excluding carboxylic acids is 1. The third-order valence-corrected chi connectivity index (χ3v) is 4.20. The second-order valence-corrected chi connectivity index (χ2v) is 8.10. The van der Waals surface area contributed by atoms with Crippen molar-refractivity contribution in [3.8, 4) is 5.75 Å². The van der Waals surface area contributed by atoms with E-state index in [4.69, 9.17) is 14.2 Å². The Morgan fingerprint density at radius 1 is 1.22 bits per heavy atom. The summed E-state index contributed by atoms with van der Waals surface area (Å²) in [7, 11) is 1.56. The number of ether oxygens (including phenoxy) is 3. The molecule has 0 saturated carbocycles. The molecule has 1 aliphatic rings. The molecule has 0 bridgehead atoms. The molecule has 1 unspecified atom stereocenters. The first-order chi connectivity index (χ1) is 12.5. The van der Waals surface area contributed by atoms with Crippen LogP contribution in [-0.2, 0) is 14.3 Å². The number of carboxylic acid groups (broad SMARTS) is 1. The predicted octanol–water partition coefficient (Wildman–Crippen LogP) is 3.83. The van der Waals surface area contributed by atoms with Crippen LogP contribution in [0, 0.1) is 5.92 Å². The number of rotatable bonds is 5. The van der Waals surface area contributed by atoms with Gasteiger partial charge in [-0.25, -0.2) is 9.59 Å². The number of nitrogens with zero attached hydrogens (tertiary/aromatic N) is 1. The highest BCUT2D eigenvalue weighted by molar-refractivity contribution is 5.77. The topological polar surface area (TPSA) is 85.3 Å². The van der Waals surface area contributed by atoms with Crippen LogP contribution in [0.5, 0.6) is 5.75 Å². The third-order valence-electron chi connectivity index (χ3n) is 4.20. The van der Waals surface area contributed by atoms with E-state index in [0.717, 1.165) is 0 Å². The Bertz CT molecular complexity index is 664. The zero-order valence-electron chi connectivity index (χ0n) is 16.8. The maximum absolute atomic E-state index is 12.9. The van der Waals surface area contributed by atoms with Gasteiger partial charge in [-0.2, -0.15) is 0 Å². The van der Waals surface area contributed by atoms with E-state index >= 15 is 0 Å².